The number of fused-ring (bicyclic) bond motifs is 1. The Morgan fingerprint density at radius 2 is 1.96 bits per heavy atom. The van der Waals surface area contributed by atoms with Gasteiger partial charge in [-0.25, -0.2) is 0 Å². The van der Waals surface area contributed by atoms with Crippen molar-refractivity contribution < 1.29 is 13.2 Å². The molecule has 1 fully saturated rings. The zero-order chi connectivity index (χ0) is 18.2. The van der Waals surface area contributed by atoms with E-state index >= 15 is 0 Å². The Morgan fingerprint density at radius 3 is 2.60 bits per heavy atom. The van der Waals surface area contributed by atoms with Gasteiger partial charge in [0.1, 0.15) is 0 Å². The summed E-state index contributed by atoms with van der Waals surface area (Å²) < 4.78 is 39.2. The molecule has 1 aromatic heterocycles. The third-order valence-electron chi connectivity index (χ3n) is 4.62. The number of piperidine rings is 1. The molecule has 1 saturated heterocycles. The number of aromatic nitrogens is 1. The summed E-state index contributed by atoms with van der Waals surface area (Å²) in [5, 5.41) is 4.20. The molecule has 0 spiro atoms. The third kappa shape index (κ3) is 3.71. The average molecular weight is 351 g/mol. The molecular weight excluding hydrogens is 331 g/mol. The van der Waals surface area contributed by atoms with Gasteiger partial charge in [-0.05, 0) is 39.0 Å². The van der Waals surface area contributed by atoms with Gasteiger partial charge in [0.15, 0.2) is 0 Å². The van der Waals surface area contributed by atoms with Crippen molar-refractivity contribution in [3.8, 4) is 0 Å². The minimum Gasteiger partial charge on any atom is -0.382 e. The van der Waals surface area contributed by atoms with Crippen molar-refractivity contribution in [2.45, 2.75) is 25.1 Å². The number of rotatable bonds is 3. The van der Waals surface area contributed by atoms with Gasteiger partial charge in [-0.2, -0.15) is 13.2 Å². The second-order valence-electron chi connectivity index (χ2n) is 6.47. The average Bonchev–Trinajstić information content (AvgIpc) is 2.55. The number of anilines is 1. The molecule has 2 N–H and O–H groups in total. The number of alkyl halides is 3. The maximum Gasteiger partial charge on any atom is 0.417 e. The first-order valence-corrected chi connectivity index (χ1v) is 8.13. The normalized spacial score (nSPS) is 17.0. The molecule has 0 radical (unpaired) electrons. The number of aromatic amines is 1. The summed E-state index contributed by atoms with van der Waals surface area (Å²) in [7, 11) is 2.06. The molecule has 2 heterocycles. The summed E-state index contributed by atoms with van der Waals surface area (Å²) in [6.07, 6.45) is -2.72. The van der Waals surface area contributed by atoms with Crippen LogP contribution in [0.5, 0.6) is 0 Å². The molecule has 134 valence electrons. The molecule has 3 rings (SSSR count). The largest absolute Gasteiger partial charge is 0.417 e. The zero-order valence-corrected chi connectivity index (χ0v) is 13.9. The van der Waals surface area contributed by atoms with E-state index < -0.39 is 17.3 Å². The second kappa shape index (κ2) is 6.55. The number of hydrogen-bond donors (Lipinski definition) is 2. The van der Waals surface area contributed by atoms with Crippen molar-refractivity contribution in [3.05, 3.63) is 46.9 Å². The number of likely N-dealkylation sites (tertiary alicyclic amines) is 1. The molecule has 7 heteroatoms. The van der Waals surface area contributed by atoms with Gasteiger partial charge in [-0.3, -0.25) is 4.79 Å². The van der Waals surface area contributed by atoms with Gasteiger partial charge in [0.25, 0.3) is 0 Å². The van der Waals surface area contributed by atoms with Crippen molar-refractivity contribution in [1.29, 1.82) is 0 Å². The summed E-state index contributed by atoms with van der Waals surface area (Å²) in [6.45, 7) is 5.04. The van der Waals surface area contributed by atoms with Crippen LogP contribution in [0.25, 0.3) is 16.3 Å². The molecule has 0 amide bonds. The fourth-order valence-electron chi connectivity index (χ4n) is 3.17. The van der Waals surface area contributed by atoms with E-state index in [4.69, 9.17) is 0 Å². The Labute approximate surface area is 143 Å². The highest BCUT2D eigenvalue weighted by Crippen LogP contribution is 2.35. The van der Waals surface area contributed by atoms with Crippen molar-refractivity contribution >= 4 is 22.0 Å². The Balaban J connectivity index is 2.03. The number of allylic oxidation sites excluding steroid dienone is 1. The van der Waals surface area contributed by atoms with E-state index in [0.717, 1.165) is 25.9 Å². The maximum atomic E-state index is 13.1. The van der Waals surface area contributed by atoms with Crippen molar-refractivity contribution in [3.63, 3.8) is 0 Å². The van der Waals surface area contributed by atoms with Crippen LogP contribution in [0, 0.1) is 0 Å². The van der Waals surface area contributed by atoms with Gasteiger partial charge in [0.2, 0.25) is 5.56 Å². The lowest BCUT2D eigenvalue weighted by Gasteiger charge is -2.30. The number of nitrogens with zero attached hydrogens (tertiary/aromatic N) is 1. The molecule has 0 unspecified atom stereocenters. The summed E-state index contributed by atoms with van der Waals surface area (Å²) in [6, 6.07) is 6.61. The van der Waals surface area contributed by atoms with Crippen LogP contribution < -0.4 is 10.9 Å². The first-order valence-electron chi connectivity index (χ1n) is 8.13. The summed E-state index contributed by atoms with van der Waals surface area (Å²) in [5.74, 6) is 0. The van der Waals surface area contributed by atoms with Crippen molar-refractivity contribution in [2.75, 3.05) is 25.5 Å². The lowest BCUT2D eigenvalue weighted by Crippen LogP contribution is -2.36. The molecule has 25 heavy (non-hydrogen) atoms. The van der Waals surface area contributed by atoms with Gasteiger partial charge in [-0.1, -0.05) is 18.7 Å². The molecule has 1 aromatic carbocycles. The minimum absolute atomic E-state index is 0.232. The van der Waals surface area contributed by atoms with E-state index in [9.17, 15) is 18.0 Å². The number of pyridine rings is 1. The van der Waals surface area contributed by atoms with Gasteiger partial charge >= 0.3 is 6.18 Å². The van der Waals surface area contributed by atoms with E-state index in [1.165, 1.54) is 6.07 Å². The fraction of sp³-hybridized carbons (Fsp3) is 0.389. The minimum atomic E-state index is -4.60. The highest BCUT2D eigenvalue weighted by molar-refractivity contribution is 5.99. The van der Waals surface area contributed by atoms with Crippen LogP contribution in [-0.4, -0.2) is 42.2 Å². The molecule has 4 nitrogen and oxygen atoms in total. The van der Waals surface area contributed by atoms with Crippen molar-refractivity contribution in [1.82, 2.24) is 9.88 Å². The Morgan fingerprint density at radius 1 is 1.28 bits per heavy atom. The third-order valence-corrected chi connectivity index (χ3v) is 4.62. The van der Waals surface area contributed by atoms with Crippen LogP contribution in [0.2, 0.25) is 0 Å². The number of hydrogen-bond acceptors (Lipinski definition) is 3. The van der Waals surface area contributed by atoms with Gasteiger partial charge in [0, 0.05) is 28.6 Å². The van der Waals surface area contributed by atoms with E-state index in [1.54, 1.807) is 18.2 Å². The standard InChI is InChI=1S/C18H20F3N3O/c1-11(18(19,20)21)17-13-4-3-5-15(14(13)10-16(25)23-17)22-12-6-8-24(2)9-7-12/h3-5,10,12,22H,1,6-9H2,2H3,(H,23,25). The number of halogens is 3. The van der Waals surface area contributed by atoms with E-state index in [0.29, 0.717) is 16.5 Å². The first-order chi connectivity index (χ1) is 11.8. The Hall–Kier alpha value is -2.28. The molecule has 0 atom stereocenters. The quantitative estimate of drug-likeness (QED) is 0.888. The summed E-state index contributed by atoms with van der Waals surface area (Å²) in [5.41, 5.74) is -1.23. The van der Waals surface area contributed by atoms with Crippen LogP contribution >= 0.6 is 0 Å². The first kappa shape index (κ1) is 17.5. The van der Waals surface area contributed by atoms with Gasteiger partial charge < -0.3 is 15.2 Å². The molecule has 1 aliphatic rings. The maximum absolute atomic E-state index is 13.1. The van der Waals surface area contributed by atoms with Crippen LogP contribution in [0.15, 0.2) is 35.6 Å². The van der Waals surface area contributed by atoms with E-state index in [2.05, 4.69) is 28.8 Å². The second-order valence-corrected chi connectivity index (χ2v) is 6.47. The molecule has 0 aliphatic carbocycles. The van der Waals surface area contributed by atoms with Crippen molar-refractivity contribution in [2.24, 2.45) is 0 Å². The zero-order valence-electron chi connectivity index (χ0n) is 13.9. The molecule has 2 aromatic rings. The Bertz CT molecular complexity index is 849. The molecule has 0 bridgehead atoms. The SMILES string of the molecule is C=C(c1[nH]c(=O)cc2c(NC3CCN(C)CC3)cccc12)C(F)(F)F. The van der Waals surface area contributed by atoms with Crippen LogP contribution in [0.4, 0.5) is 18.9 Å². The predicted octanol–water partition coefficient (Wildman–Crippen LogP) is 3.61. The number of H-pyrrole nitrogens is 1. The topological polar surface area (TPSA) is 48.1 Å². The molecule has 0 saturated carbocycles. The smallest absolute Gasteiger partial charge is 0.382 e. The van der Waals surface area contributed by atoms with Crippen LogP contribution in [0.3, 0.4) is 0 Å². The summed E-state index contributed by atoms with van der Waals surface area (Å²) >= 11 is 0. The highest BCUT2D eigenvalue weighted by atomic mass is 19.4. The van der Waals surface area contributed by atoms with Gasteiger partial charge in [-0.15, -0.1) is 0 Å². The van der Waals surface area contributed by atoms with Crippen LogP contribution in [-0.2, 0) is 0 Å². The van der Waals surface area contributed by atoms with Crippen LogP contribution in [0.1, 0.15) is 18.5 Å². The lowest BCUT2D eigenvalue weighted by atomic mass is 10.0. The molecular formula is C18H20F3N3O. The van der Waals surface area contributed by atoms with E-state index in [1.807, 2.05) is 0 Å². The van der Waals surface area contributed by atoms with Gasteiger partial charge in [0.05, 0.1) is 11.3 Å². The number of benzene rings is 1. The number of nitrogens with one attached hydrogen (secondary N) is 2. The monoisotopic (exact) mass is 351 g/mol. The van der Waals surface area contributed by atoms with E-state index in [-0.39, 0.29) is 11.7 Å². The summed E-state index contributed by atoms with van der Waals surface area (Å²) in [4.78, 5) is 16.4. The predicted molar refractivity (Wildman–Crippen MR) is 93.8 cm³/mol. The Kier molecular flexibility index (Phi) is 4.60. The fourth-order valence-corrected chi connectivity index (χ4v) is 3.17. The highest BCUT2D eigenvalue weighted by Gasteiger charge is 2.34. The molecule has 1 aliphatic heterocycles. The lowest BCUT2D eigenvalue weighted by molar-refractivity contribution is -0.0688.